The van der Waals surface area contributed by atoms with Crippen molar-refractivity contribution in [3.05, 3.63) is 0 Å². The fraction of sp³-hybridized carbons (Fsp3) is 0.500. The summed E-state index contributed by atoms with van der Waals surface area (Å²) in [5, 5.41) is 25.3. The van der Waals surface area contributed by atoms with Crippen LogP contribution >= 0.6 is 0 Å². The molecule has 0 aliphatic rings. The molecule has 8 heteroatoms. The Kier molecular flexibility index (Phi) is 5.02. The van der Waals surface area contributed by atoms with Crippen LogP contribution in [-0.4, -0.2) is 39.5 Å². The molecule has 0 saturated heterocycles. The molecule has 0 aliphatic heterocycles. The number of hydrogen-bond acceptors (Lipinski definition) is 5. The maximum absolute atomic E-state index is 10.3. The van der Waals surface area contributed by atoms with E-state index in [2.05, 4.69) is 3.32 Å². The second-order valence-electron chi connectivity index (χ2n) is 1.78. The number of nitrogens with two attached hydrogens (primary N) is 1. The van der Waals surface area contributed by atoms with Crippen LogP contribution in [0.4, 0.5) is 0 Å². The molecular weight excluding hydrogens is 206 g/mol. The molecule has 0 fully saturated rings. The normalized spacial score (nSPS) is 14.8. The molecule has 0 aromatic rings. The molecule has 0 aliphatic carbocycles. The second-order valence-corrected chi connectivity index (χ2v) is 2.51. The monoisotopic (exact) mass is 213 g/mol. The van der Waals surface area contributed by atoms with Crippen molar-refractivity contribution < 1.29 is 48.0 Å². The SMILES string of the molecule is [NH2][Ti][O]C(C(=O)O)C(O)C(=O)O. The van der Waals surface area contributed by atoms with E-state index < -0.39 is 43.9 Å². The molecular formula is C4H7NO6Ti. The molecule has 5 N–H and O–H groups in total. The average Bonchev–Trinajstić information content (AvgIpc) is 1.98. The first-order chi connectivity index (χ1) is 5.50. The van der Waals surface area contributed by atoms with Gasteiger partial charge in [0.2, 0.25) is 0 Å². The van der Waals surface area contributed by atoms with E-state index >= 15 is 0 Å². The van der Waals surface area contributed by atoms with Gasteiger partial charge >= 0.3 is 76.4 Å². The van der Waals surface area contributed by atoms with Gasteiger partial charge in [-0.3, -0.25) is 0 Å². The van der Waals surface area contributed by atoms with Gasteiger partial charge in [-0.1, -0.05) is 0 Å². The van der Waals surface area contributed by atoms with Gasteiger partial charge in [0.25, 0.3) is 0 Å². The van der Waals surface area contributed by atoms with Gasteiger partial charge in [-0.2, -0.15) is 0 Å². The van der Waals surface area contributed by atoms with Crippen LogP contribution < -0.4 is 4.22 Å². The summed E-state index contributed by atoms with van der Waals surface area (Å²) in [6.45, 7) is 0. The fourth-order valence-electron chi connectivity index (χ4n) is 0.453. The van der Waals surface area contributed by atoms with Crippen LogP contribution in [0.15, 0.2) is 0 Å². The van der Waals surface area contributed by atoms with Crippen molar-refractivity contribution in [2.75, 3.05) is 0 Å². The number of aliphatic carboxylic acids is 2. The van der Waals surface area contributed by atoms with Gasteiger partial charge in [0.05, 0.1) is 0 Å². The Bertz CT molecular complexity index is 184. The van der Waals surface area contributed by atoms with Gasteiger partial charge in [0, 0.05) is 0 Å². The Hall–Kier alpha value is -0.466. The van der Waals surface area contributed by atoms with Crippen molar-refractivity contribution in [2.24, 2.45) is 4.22 Å². The van der Waals surface area contributed by atoms with Crippen molar-refractivity contribution in [3.63, 3.8) is 0 Å². The first kappa shape index (κ1) is 11.5. The molecule has 2 unspecified atom stereocenters. The molecule has 0 heterocycles. The molecule has 0 aromatic carbocycles. The van der Waals surface area contributed by atoms with Crippen molar-refractivity contribution in [1.82, 2.24) is 0 Å². The van der Waals surface area contributed by atoms with Crippen LogP contribution in [0, 0.1) is 0 Å². The molecule has 2 atom stereocenters. The summed E-state index contributed by atoms with van der Waals surface area (Å²) in [5.74, 6) is -3.19. The predicted octanol–water partition coefficient (Wildman–Crippen LogP) is -2.23. The topological polar surface area (TPSA) is 130 Å². The summed E-state index contributed by atoms with van der Waals surface area (Å²) >= 11 is -1.45. The van der Waals surface area contributed by atoms with E-state index in [0.717, 1.165) is 0 Å². The molecule has 0 bridgehead atoms. The zero-order valence-corrected chi connectivity index (χ0v) is 7.36. The van der Waals surface area contributed by atoms with Crippen LogP contribution in [0.1, 0.15) is 0 Å². The Morgan fingerprint density at radius 3 is 2.08 bits per heavy atom. The number of hydrogen-bond donors (Lipinski definition) is 4. The number of aliphatic hydroxyl groups is 1. The third-order valence-electron chi connectivity index (χ3n) is 0.978. The third-order valence-corrected chi connectivity index (χ3v) is 1.59. The molecule has 0 aromatic heterocycles. The van der Waals surface area contributed by atoms with Crippen LogP contribution in [-0.2, 0) is 32.7 Å². The number of carboxylic acids is 2. The summed E-state index contributed by atoms with van der Waals surface area (Å²) < 4.78 is 9.34. The summed E-state index contributed by atoms with van der Waals surface area (Å²) in [7, 11) is 0. The van der Waals surface area contributed by atoms with E-state index in [1.54, 1.807) is 0 Å². The van der Waals surface area contributed by atoms with Gasteiger partial charge in [-0.05, 0) is 0 Å². The Balaban J connectivity index is 4.28. The molecule has 0 saturated carbocycles. The van der Waals surface area contributed by atoms with Gasteiger partial charge in [0.1, 0.15) is 0 Å². The minimum absolute atomic E-state index is 1.45. The van der Waals surface area contributed by atoms with E-state index in [1.807, 2.05) is 0 Å². The maximum atomic E-state index is 10.3. The molecule has 0 rings (SSSR count). The van der Waals surface area contributed by atoms with Crippen LogP contribution in [0.2, 0.25) is 0 Å². The van der Waals surface area contributed by atoms with Crippen LogP contribution in [0.5, 0.6) is 0 Å². The second kappa shape index (κ2) is 5.23. The van der Waals surface area contributed by atoms with Crippen molar-refractivity contribution >= 4 is 11.9 Å². The summed E-state index contributed by atoms with van der Waals surface area (Å²) in [5.41, 5.74) is 0. The zero-order valence-electron chi connectivity index (χ0n) is 5.80. The molecule has 0 amide bonds. The molecule has 0 radical (unpaired) electrons. The number of rotatable bonds is 5. The van der Waals surface area contributed by atoms with E-state index in [4.69, 9.17) is 19.5 Å². The van der Waals surface area contributed by atoms with E-state index in [0.29, 0.717) is 0 Å². The summed E-state index contributed by atoms with van der Waals surface area (Å²) in [6.07, 6.45) is -3.85. The van der Waals surface area contributed by atoms with E-state index in [-0.39, 0.29) is 0 Å². The zero-order chi connectivity index (χ0) is 9.72. The summed E-state index contributed by atoms with van der Waals surface area (Å²) in [4.78, 5) is 20.4. The number of carbonyl (C=O) groups is 2. The molecule has 0 spiro atoms. The number of aliphatic hydroxyl groups excluding tert-OH is 1. The van der Waals surface area contributed by atoms with Gasteiger partial charge in [-0.25, -0.2) is 0 Å². The van der Waals surface area contributed by atoms with Crippen molar-refractivity contribution in [2.45, 2.75) is 12.2 Å². The minimum atomic E-state index is -2.07. The quantitative estimate of drug-likeness (QED) is 0.380. The predicted molar refractivity (Wildman–Crippen MR) is 30.3 cm³/mol. The molecule has 7 nitrogen and oxygen atoms in total. The Morgan fingerprint density at radius 1 is 1.33 bits per heavy atom. The van der Waals surface area contributed by atoms with Crippen LogP contribution in [0.3, 0.4) is 0 Å². The fourth-order valence-corrected chi connectivity index (χ4v) is 1.04. The number of carboxylic acid groups (broad SMARTS) is 2. The standard InChI is InChI=1S/C4H5O6.H2N.Ti/c5-1(3(7)8)2(6)4(9)10;;/h1-2,5H,(H,7,8)(H,9,10);1H2;/q2*-1;+2. The van der Waals surface area contributed by atoms with Gasteiger partial charge < -0.3 is 0 Å². The Labute approximate surface area is 76.8 Å². The van der Waals surface area contributed by atoms with E-state index in [9.17, 15) is 9.59 Å². The Morgan fingerprint density at radius 2 is 1.83 bits per heavy atom. The summed E-state index contributed by atoms with van der Waals surface area (Å²) in [6, 6.07) is 0. The molecule has 12 heavy (non-hydrogen) atoms. The third kappa shape index (κ3) is 3.29. The van der Waals surface area contributed by atoms with Crippen LogP contribution in [0.25, 0.3) is 0 Å². The van der Waals surface area contributed by atoms with Gasteiger partial charge in [0.15, 0.2) is 0 Å². The van der Waals surface area contributed by atoms with Gasteiger partial charge in [-0.15, -0.1) is 0 Å². The first-order valence-electron chi connectivity index (χ1n) is 2.75. The first-order valence-corrected chi connectivity index (χ1v) is 4.29. The average molecular weight is 213 g/mol. The van der Waals surface area contributed by atoms with Crippen molar-refractivity contribution in [1.29, 1.82) is 0 Å². The molecule has 68 valence electrons. The van der Waals surface area contributed by atoms with E-state index in [1.165, 1.54) is 0 Å². The van der Waals surface area contributed by atoms with Crippen molar-refractivity contribution in [3.8, 4) is 0 Å².